The van der Waals surface area contributed by atoms with Crippen molar-refractivity contribution >= 4 is 17.7 Å². The first-order valence-corrected chi connectivity index (χ1v) is 14.2. The van der Waals surface area contributed by atoms with Crippen LogP contribution in [0.25, 0.3) is 0 Å². The van der Waals surface area contributed by atoms with E-state index >= 15 is 0 Å². The maximum absolute atomic E-state index is 14.5. The van der Waals surface area contributed by atoms with Gasteiger partial charge in [-0.25, -0.2) is 4.39 Å². The second kappa shape index (κ2) is 11.7. The third-order valence-electron chi connectivity index (χ3n) is 7.95. The van der Waals surface area contributed by atoms with Crippen LogP contribution in [0.2, 0.25) is 0 Å². The van der Waals surface area contributed by atoms with Gasteiger partial charge in [0.05, 0.1) is 31.9 Å². The minimum absolute atomic E-state index is 0.00697. The second-order valence-electron chi connectivity index (χ2n) is 10.6. The highest BCUT2D eigenvalue weighted by Crippen LogP contribution is 2.41. The van der Waals surface area contributed by atoms with Crippen molar-refractivity contribution in [3.05, 3.63) is 82.7 Å². The fraction of sp³-hybridized carbons (Fsp3) is 0.344. The van der Waals surface area contributed by atoms with E-state index < -0.39 is 17.8 Å². The average molecular weight is 574 g/mol. The van der Waals surface area contributed by atoms with Gasteiger partial charge in [-0.1, -0.05) is 12.1 Å². The highest BCUT2D eigenvalue weighted by atomic mass is 19.1. The van der Waals surface area contributed by atoms with Crippen LogP contribution in [-0.2, 0) is 16.0 Å². The lowest BCUT2D eigenvalue weighted by molar-refractivity contribution is -0.139. The Hall–Kier alpha value is -4.60. The number of fused-ring (bicyclic) bond motifs is 6. The topological polar surface area (TPSA) is 97.4 Å². The Morgan fingerprint density at radius 1 is 1.02 bits per heavy atom. The number of carbonyl (C=O) groups excluding carboxylic acids is 3. The molecule has 0 saturated carbocycles. The van der Waals surface area contributed by atoms with Crippen LogP contribution in [-0.4, -0.2) is 67.4 Å². The summed E-state index contributed by atoms with van der Waals surface area (Å²) < 4.78 is 32.2. The minimum Gasteiger partial charge on any atom is -0.493 e. The SMILES string of the molecule is COc1ccc2cc1OCCCNC(=O)c1cc(ccc1F)Oc1ccc3c(c1)CCN(C(=O)CN1CCCC1=O)C23. The maximum atomic E-state index is 14.5. The van der Waals surface area contributed by atoms with Crippen molar-refractivity contribution in [1.29, 1.82) is 0 Å². The van der Waals surface area contributed by atoms with E-state index in [0.29, 0.717) is 55.4 Å². The van der Waals surface area contributed by atoms with Crippen LogP contribution in [0.4, 0.5) is 4.39 Å². The van der Waals surface area contributed by atoms with Crippen molar-refractivity contribution in [2.75, 3.05) is 39.9 Å². The number of amides is 3. The molecule has 0 radical (unpaired) electrons. The zero-order valence-electron chi connectivity index (χ0n) is 23.4. The van der Waals surface area contributed by atoms with Crippen molar-refractivity contribution in [2.24, 2.45) is 0 Å². The molecule has 9 nitrogen and oxygen atoms in total. The first-order chi connectivity index (χ1) is 20.4. The molecule has 42 heavy (non-hydrogen) atoms. The van der Waals surface area contributed by atoms with Gasteiger partial charge >= 0.3 is 0 Å². The smallest absolute Gasteiger partial charge is 0.254 e. The van der Waals surface area contributed by atoms with E-state index in [0.717, 1.165) is 23.1 Å². The molecule has 1 saturated heterocycles. The number of nitrogens with one attached hydrogen (secondary N) is 1. The molecule has 7 rings (SSSR count). The van der Waals surface area contributed by atoms with E-state index in [1.54, 1.807) is 18.1 Å². The average Bonchev–Trinajstić information content (AvgIpc) is 3.40. The monoisotopic (exact) mass is 573 g/mol. The molecule has 0 spiro atoms. The predicted octanol–water partition coefficient (Wildman–Crippen LogP) is 4.24. The molecule has 3 amide bonds. The molecule has 218 valence electrons. The van der Waals surface area contributed by atoms with Crippen LogP contribution in [0.15, 0.2) is 54.6 Å². The Labute approximate surface area is 243 Å². The van der Waals surface area contributed by atoms with Gasteiger partial charge in [-0.3, -0.25) is 14.4 Å². The van der Waals surface area contributed by atoms with E-state index in [4.69, 9.17) is 14.2 Å². The summed E-state index contributed by atoms with van der Waals surface area (Å²) in [5, 5.41) is 2.73. The Morgan fingerprint density at radius 2 is 1.86 bits per heavy atom. The van der Waals surface area contributed by atoms with Crippen molar-refractivity contribution in [3.8, 4) is 23.0 Å². The van der Waals surface area contributed by atoms with Gasteiger partial charge < -0.3 is 29.3 Å². The molecule has 3 aromatic rings. The standard InChI is InChI=1S/C32H32FN3O6/c1-40-27-10-5-21-17-28(27)41-15-3-12-34-32(39)25-18-23(7-9-26(25)33)42-22-6-8-24-20(16-22)11-14-36(31(21)24)30(38)19-35-13-2-4-29(35)37/h5-10,16-18,31H,2-4,11-15,19H2,1H3,(H,34,39). The van der Waals surface area contributed by atoms with E-state index in [2.05, 4.69) is 5.32 Å². The van der Waals surface area contributed by atoms with E-state index in [-0.39, 0.29) is 37.1 Å². The fourth-order valence-corrected chi connectivity index (χ4v) is 5.83. The number of nitrogens with zero attached hydrogens (tertiary/aromatic N) is 2. The zero-order valence-corrected chi connectivity index (χ0v) is 23.4. The number of halogens is 1. The molecule has 1 N–H and O–H groups in total. The van der Waals surface area contributed by atoms with Gasteiger partial charge in [0.15, 0.2) is 11.5 Å². The lowest BCUT2D eigenvalue weighted by atomic mass is 9.87. The lowest BCUT2D eigenvalue weighted by Gasteiger charge is -2.39. The van der Waals surface area contributed by atoms with Gasteiger partial charge in [-0.05, 0) is 78.4 Å². The second-order valence-corrected chi connectivity index (χ2v) is 10.6. The molecule has 4 aliphatic heterocycles. The molecule has 3 aromatic carbocycles. The Kier molecular flexibility index (Phi) is 7.69. The highest BCUT2D eigenvalue weighted by Gasteiger charge is 2.35. The molecule has 0 aromatic heterocycles. The predicted molar refractivity (Wildman–Crippen MR) is 151 cm³/mol. The Balaban J connectivity index is 1.41. The molecule has 0 aliphatic carbocycles. The van der Waals surface area contributed by atoms with Gasteiger partial charge in [-0.15, -0.1) is 0 Å². The molecule has 1 fully saturated rings. The molecular weight excluding hydrogens is 541 g/mol. The summed E-state index contributed by atoms with van der Waals surface area (Å²) in [5.41, 5.74) is 2.68. The first-order valence-electron chi connectivity index (χ1n) is 14.2. The largest absolute Gasteiger partial charge is 0.493 e. The molecular formula is C32H32FN3O6. The third kappa shape index (κ3) is 5.48. The van der Waals surface area contributed by atoms with Crippen LogP contribution in [0, 0.1) is 5.82 Å². The number of likely N-dealkylation sites (tertiary alicyclic amines) is 1. The molecule has 1 atom stereocenters. The summed E-state index contributed by atoms with van der Waals surface area (Å²) in [4.78, 5) is 42.2. The Bertz CT molecular complexity index is 1540. The summed E-state index contributed by atoms with van der Waals surface area (Å²) in [6.45, 7) is 1.63. The minimum atomic E-state index is -0.638. The van der Waals surface area contributed by atoms with Crippen LogP contribution >= 0.6 is 0 Å². The van der Waals surface area contributed by atoms with Gasteiger partial charge in [0.25, 0.3) is 5.91 Å². The molecule has 1 unspecified atom stereocenters. The number of hydrogen-bond acceptors (Lipinski definition) is 6. The highest BCUT2D eigenvalue weighted by molar-refractivity contribution is 5.94. The zero-order chi connectivity index (χ0) is 29.2. The van der Waals surface area contributed by atoms with E-state index in [1.807, 2.05) is 35.2 Å². The normalized spacial score (nSPS) is 18.5. The van der Waals surface area contributed by atoms with Gasteiger partial charge in [0, 0.05) is 26.1 Å². The van der Waals surface area contributed by atoms with Gasteiger partial charge in [0.1, 0.15) is 17.3 Å². The van der Waals surface area contributed by atoms with E-state index in [9.17, 15) is 18.8 Å². The van der Waals surface area contributed by atoms with Gasteiger partial charge in [0.2, 0.25) is 11.8 Å². The summed E-state index contributed by atoms with van der Waals surface area (Å²) in [6, 6.07) is 15.0. The lowest BCUT2D eigenvalue weighted by Crippen LogP contribution is -2.46. The molecule has 4 heterocycles. The summed E-state index contributed by atoms with van der Waals surface area (Å²) in [5.74, 6) is 0.640. The van der Waals surface area contributed by atoms with Crippen LogP contribution in [0.1, 0.15) is 52.4 Å². The van der Waals surface area contributed by atoms with Crippen molar-refractivity contribution in [1.82, 2.24) is 15.1 Å². The number of methoxy groups -OCH3 is 1. The summed E-state index contributed by atoms with van der Waals surface area (Å²) >= 11 is 0. The van der Waals surface area contributed by atoms with Gasteiger partial charge in [-0.2, -0.15) is 0 Å². The van der Waals surface area contributed by atoms with Crippen LogP contribution < -0.4 is 19.5 Å². The number of ether oxygens (including phenoxy) is 3. The fourth-order valence-electron chi connectivity index (χ4n) is 5.83. The van der Waals surface area contributed by atoms with Crippen molar-refractivity contribution in [3.63, 3.8) is 0 Å². The van der Waals surface area contributed by atoms with Crippen molar-refractivity contribution < 1.29 is 33.0 Å². The summed E-state index contributed by atoms with van der Waals surface area (Å²) in [6.07, 6.45) is 2.29. The van der Waals surface area contributed by atoms with Crippen LogP contribution in [0.5, 0.6) is 23.0 Å². The molecule has 10 heteroatoms. The number of rotatable bonds is 3. The quantitative estimate of drug-likeness (QED) is 0.504. The molecule has 8 bridgehead atoms. The maximum Gasteiger partial charge on any atom is 0.254 e. The number of hydrogen-bond donors (Lipinski definition) is 1. The van der Waals surface area contributed by atoms with Crippen molar-refractivity contribution in [2.45, 2.75) is 31.7 Å². The van der Waals surface area contributed by atoms with Crippen LogP contribution in [0.3, 0.4) is 0 Å². The molecule has 4 aliphatic rings. The number of carbonyl (C=O) groups is 3. The number of benzene rings is 3. The summed E-state index contributed by atoms with van der Waals surface area (Å²) in [7, 11) is 1.56. The third-order valence-corrected chi connectivity index (χ3v) is 7.95. The van der Waals surface area contributed by atoms with E-state index in [1.165, 1.54) is 18.2 Å². The Morgan fingerprint density at radius 3 is 2.67 bits per heavy atom. The first kappa shape index (κ1) is 27.6.